The van der Waals surface area contributed by atoms with Gasteiger partial charge in [0.05, 0.1) is 0 Å². The van der Waals surface area contributed by atoms with Gasteiger partial charge in [-0.05, 0) is 56.8 Å². The van der Waals surface area contributed by atoms with Crippen molar-refractivity contribution in [1.82, 2.24) is 0 Å². The van der Waals surface area contributed by atoms with E-state index in [1.807, 2.05) is 13.8 Å². The van der Waals surface area contributed by atoms with Crippen molar-refractivity contribution in [2.24, 2.45) is 11.3 Å². The molecule has 1 aliphatic rings. The fourth-order valence-corrected chi connectivity index (χ4v) is 3.50. The maximum atomic E-state index is 12.2. The molecule has 1 aliphatic carbocycles. The predicted octanol–water partition coefficient (Wildman–Crippen LogP) is 4.58. The van der Waals surface area contributed by atoms with E-state index < -0.39 is 0 Å². The van der Waals surface area contributed by atoms with Crippen LogP contribution < -0.4 is 5.43 Å². The maximum absolute atomic E-state index is 12.2. The van der Waals surface area contributed by atoms with E-state index >= 15 is 0 Å². The van der Waals surface area contributed by atoms with Crippen molar-refractivity contribution in [3.05, 3.63) is 33.4 Å². The maximum Gasteiger partial charge on any atom is 0.188 e. The summed E-state index contributed by atoms with van der Waals surface area (Å²) in [6.07, 6.45) is 4.69. The molecule has 19 heavy (non-hydrogen) atoms. The van der Waals surface area contributed by atoms with E-state index in [9.17, 15) is 4.79 Å². The summed E-state index contributed by atoms with van der Waals surface area (Å²) in [5, 5.41) is 0. The topological polar surface area (TPSA) is 30.2 Å². The fraction of sp³-hybridized carbons (Fsp3) is 0.706. The molecule has 0 radical (unpaired) electrons. The zero-order valence-corrected chi connectivity index (χ0v) is 12.9. The summed E-state index contributed by atoms with van der Waals surface area (Å²) < 4.78 is 5.64. The van der Waals surface area contributed by atoms with Crippen molar-refractivity contribution in [1.29, 1.82) is 0 Å². The Hall–Kier alpha value is -1.05. The molecule has 0 aromatic carbocycles. The average molecular weight is 262 g/mol. The molecule has 2 heteroatoms. The van der Waals surface area contributed by atoms with Gasteiger partial charge in [0.25, 0.3) is 0 Å². The van der Waals surface area contributed by atoms with Crippen LogP contribution in [0.25, 0.3) is 0 Å². The highest BCUT2D eigenvalue weighted by molar-refractivity contribution is 5.23. The van der Waals surface area contributed by atoms with Gasteiger partial charge in [-0.15, -0.1) is 0 Å². The summed E-state index contributed by atoms with van der Waals surface area (Å²) in [7, 11) is 0. The second kappa shape index (κ2) is 5.15. The van der Waals surface area contributed by atoms with Gasteiger partial charge in [-0.2, -0.15) is 0 Å². The molecule has 1 aromatic heterocycles. The molecule has 106 valence electrons. The number of hydrogen-bond acceptors (Lipinski definition) is 2. The smallest absolute Gasteiger partial charge is 0.188 e. The first-order chi connectivity index (χ1) is 8.79. The van der Waals surface area contributed by atoms with Gasteiger partial charge in [0.1, 0.15) is 11.5 Å². The molecular weight excluding hydrogens is 236 g/mol. The Labute approximate surface area is 116 Å². The van der Waals surface area contributed by atoms with Crippen LogP contribution in [0.1, 0.15) is 69.5 Å². The summed E-state index contributed by atoms with van der Waals surface area (Å²) >= 11 is 0. The molecule has 1 aromatic rings. The zero-order valence-electron chi connectivity index (χ0n) is 12.9. The summed E-state index contributed by atoms with van der Waals surface area (Å²) in [6.45, 7) is 10.7. The monoisotopic (exact) mass is 262 g/mol. The molecule has 1 fully saturated rings. The Balaban J connectivity index is 2.17. The molecule has 0 amide bonds. The predicted molar refractivity (Wildman–Crippen MR) is 78.6 cm³/mol. The van der Waals surface area contributed by atoms with Crippen molar-refractivity contribution in [2.45, 2.75) is 66.2 Å². The molecular formula is C17H26O2. The first-order valence-electron chi connectivity index (χ1n) is 7.40. The first-order valence-corrected chi connectivity index (χ1v) is 7.40. The third-order valence-electron chi connectivity index (χ3n) is 4.65. The number of rotatable bonds is 1. The molecule has 2 rings (SSSR count). The van der Waals surface area contributed by atoms with Crippen molar-refractivity contribution >= 4 is 0 Å². The van der Waals surface area contributed by atoms with Crippen LogP contribution in [-0.2, 0) is 0 Å². The summed E-state index contributed by atoms with van der Waals surface area (Å²) in [5.74, 6) is 2.72. The Bertz CT molecular complexity index is 497. The van der Waals surface area contributed by atoms with Gasteiger partial charge in [-0.25, -0.2) is 0 Å². The lowest BCUT2D eigenvalue weighted by molar-refractivity contribution is 0.168. The molecule has 0 bridgehead atoms. The summed E-state index contributed by atoms with van der Waals surface area (Å²) in [5.41, 5.74) is 1.48. The third-order valence-corrected chi connectivity index (χ3v) is 4.65. The van der Waals surface area contributed by atoms with Gasteiger partial charge >= 0.3 is 0 Å². The van der Waals surface area contributed by atoms with Crippen LogP contribution in [0.5, 0.6) is 0 Å². The average Bonchev–Trinajstić information content (AvgIpc) is 2.27. The Kier molecular flexibility index (Phi) is 3.89. The van der Waals surface area contributed by atoms with Gasteiger partial charge in [0, 0.05) is 11.6 Å². The van der Waals surface area contributed by atoms with Crippen LogP contribution in [0, 0.1) is 25.2 Å². The quantitative estimate of drug-likeness (QED) is 0.741. The molecule has 0 saturated heterocycles. The van der Waals surface area contributed by atoms with E-state index in [0.717, 1.165) is 35.8 Å². The second-order valence-corrected chi connectivity index (χ2v) is 7.11. The molecule has 0 atom stereocenters. The highest BCUT2D eigenvalue weighted by atomic mass is 16.3. The number of aryl methyl sites for hydroxylation is 2. The van der Waals surface area contributed by atoms with Crippen LogP contribution in [0.4, 0.5) is 0 Å². The Morgan fingerprint density at radius 3 is 2.16 bits per heavy atom. The number of hydrogen-bond donors (Lipinski definition) is 0. The summed E-state index contributed by atoms with van der Waals surface area (Å²) in [4.78, 5) is 12.2. The molecule has 0 spiro atoms. The largest absolute Gasteiger partial charge is 0.466 e. The van der Waals surface area contributed by atoms with Crippen molar-refractivity contribution < 1.29 is 4.42 Å². The first kappa shape index (κ1) is 14.4. The molecule has 1 heterocycles. The third kappa shape index (κ3) is 3.10. The second-order valence-electron chi connectivity index (χ2n) is 7.11. The van der Waals surface area contributed by atoms with Crippen LogP contribution in [0.3, 0.4) is 0 Å². The molecule has 0 unspecified atom stereocenters. The zero-order chi connectivity index (χ0) is 14.2. The minimum atomic E-state index is 0.167. The van der Waals surface area contributed by atoms with E-state index in [-0.39, 0.29) is 5.43 Å². The highest BCUT2D eigenvalue weighted by Crippen LogP contribution is 2.43. The van der Waals surface area contributed by atoms with Gasteiger partial charge in [0.2, 0.25) is 0 Å². The summed E-state index contributed by atoms with van der Waals surface area (Å²) in [6, 6.07) is 1.64. The standard InChI is InChI=1S/C17H26O2/c1-11-10-15(18)16(12(2)19-11)13-6-8-14(9-7-13)17(3,4)5/h10,13-14H,6-9H2,1-5H3/t13-,14-. The van der Waals surface area contributed by atoms with Gasteiger partial charge in [-0.3, -0.25) is 4.79 Å². The van der Waals surface area contributed by atoms with Gasteiger partial charge < -0.3 is 4.42 Å². The normalized spacial score (nSPS) is 24.5. The SMILES string of the molecule is Cc1cc(=O)c([C@H]2CC[C@H](C(C)(C)C)CC2)c(C)o1. The minimum absolute atomic E-state index is 0.167. The lowest BCUT2D eigenvalue weighted by Crippen LogP contribution is -2.27. The molecule has 2 nitrogen and oxygen atoms in total. The highest BCUT2D eigenvalue weighted by Gasteiger charge is 2.31. The minimum Gasteiger partial charge on any atom is -0.466 e. The van der Waals surface area contributed by atoms with Crippen LogP contribution in [-0.4, -0.2) is 0 Å². The van der Waals surface area contributed by atoms with Crippen LogP contribution >= 0.6 is 0 Å². The van der Waals surface area contributed by atoms with Gasteiger partial charge in [-0.1, -0.05) is 20.8 Å². The Morgan fingerprint density at radius 1 is 1.11 bits per heavy atom. The molecule has 0 N–H and O–H groups in total. The van der Waals surface area contributed by atoms with Crippen LogP contribution in [0.15, 0.2) is 15.3 Å². The van der Waals surface area contributed by atoms with Crippen molar-refractivity contribution in [3.63, 3.8) is 0 Å². The van der Waals surface area contributed by atoms with E-state index in [1.54, 1.807) is 6.07 Å². The van der Waals surface area contributed by atoms with E-state index in [4.69, 9.17) is 4.42 Å². The van der Waals surface area contributed by atoms with E-state index in [1.165, 1.54) is 12.8 Å². The molecule has 1 saturated carbocycles. The van der Waals surface area contributed by atoms with Crippen molar-refractivity contribution in [3.8, 4) is 0 Å². The van der Waals surface area contributed by atoms with E-state index in [0.29, 0.717) is 11.3 Å². The van der Waals surface area contributed by atoms with Crippen LogP contribution in [0.2, 0.25) is 0 Å². The lowest BCUT2D eigenvalue weighted by atomic mass is 9.68. The van der Waals surface area contributed by atoms with Crippen molar-refractivity contribution in [2.75, 3.05) is 0 Å². The van der Waals surface area contributed by atoms with Gasteiger partial charge in [0.15, 0.2) is 5.43 Å². The molecule has 0 aliphatic heterocycles. The fourth-order valence-electron chi connectivity index (χ4n) is 3.50. The van der Waals surface area contributed by atoms with E-state index in [2.05, 4.69) is 20.8 Å². The lowest BCUT2D eigenvalue weighted by Gasteiger charge is -2.37. The Morgan fingerprint density at radius 2 is 1.68 bits per heavy atom.